The minimum absolute atomic E-state index is 0.587. The Labute approximate surface area is 129 Å². The number of methoxy groups -OCH3 is 1. The van der Waals surface area contributed by atoms with Crippen molar-refractivity contribution < 1.29 is 9.26 Å². The summed E-state index contributed by atoms with van der Waals surface area (Å²) in [7, 11) is 1.67. The molecule has 2 aromatic rings. The third kappa shape index (κ3) is 3.60. The number of aromatic nitrogens is 1. The third-order valence-corrected chi connectivity index (χ3v) is 4.88. The molecule has 0 amide bonds. The number of para-hydroxylation sites is 1. The van der Waals surface area contributed by atoms with Gasteiger partial charge in [-0.15, -0.1) is 0 Å². The average molecular weight is 304 g/mol. The summed E-state index contributed by atoms with van der Waals surface area (Å²) in [5.74, 6) is 4.16. The van der Waals surface area contributed by atoms with Crippen molar-refractivity contribution in [3.05, 3.63) is 36.1 Å². The number of benzene rings is 1. The van der Waals surface area contributed by atoms with E-state index in [0.717, 1.165) is 29.3 Å². The van der Waals surface area contributed by atoms with Gasteiger partial charge in [-0.1, -0.05) is 17.3 Å². The van der Waals surface area contributed by atoms with Crippen molar-refractivity contribution in [3.63, 3.8) is 0 Å². The molecule has 1 fully saturated rings. The number of thioether (sulfide) groups is 1. The van der Waals surface area contributed by atoms with Crippen LogP contribution in [0.25, 0.3) is 11.3 Å². The van der Waals surface area contributed by atoms with Crippen molar-refractivity contribution in [1.82, 2.24) is 10.5 Å². The molecular formula is C16H20N2O2S. The minimum Gasteiger partial charge on any atom is -0.496 e. The predicted octanol–water partition coefficient (Wildman–Crippen LogP) is 3.34. The largest absolute Gasteiger partial charge is 0.496 e. The van der Waals surface area contributed by atoms with E-state index in [1.54, 1.807) is 7.11 Å². The van der Waals surface area contributed by atoms with Gasteiger partial charge in [0.15, 0.2) is 5.76 Å². The number of nitrogens with zero attached hydrogens (tertiary/aromatic N) is 1. The molecule has 0 unspecified atom stereocenters. The Morgan fingerprint density at radius 3 is 3.14 bits per heavy atom. The van der Waals surface area contributed by atoms with Crippen LogP contribution in [0.2, 0.25) is 0 Å². The van der Waals surface area contributed by atoms with Crippen LogP contribution in [0.3, 0.4) is 0 Å². The van der Waals surface area contributed by atoms with Gasteiger partial charge in [-0.3, -0.25) is 0 Å². The molecule has 0 saturated carbocycles. The van der Waals surface area contributed by atoms with Crippen molar-refractivity contribution in [2.24, 2.45) is 0 Å². The molecule has 2 heterocycles. The Morgan fingerprint density at radius 1 is 1.43 bits per heavy atom. The predicted molar refractivity (Wildman–Crippen MR) is 85.7 cm³/mol. The molecule has 5 heteroatoms. The fourth-order valence-electron chi connectivity index (χ4n) is 2.53. The highest BCUT2D eigenvalue weighted by molar-refractivity contribution is 7.99. The zero-order valence-electron chi connectivity index (χ0n) is 12.2. The fourth-order valence-corrected chi connectivity index (χ4v) is 3.63. The van der Waals surface area contributed by atoms with Crippen LogP contribution in [0.5, 0.6) is 5.75 Å². The minimum atomic E-state index is 0.587. The van der Waals surface area contributed by atoms with Gasteiger partial charge in [0.05, 0.1) is 13.7 Å². The number of hydrogen-bond acceptors (Lipinski definition) is 5. The van der Waals surface area contributed by atoms with Gasteiger partial charge in [-0.2, -0.15) is 11.8 Å². The first-order valence-electron chi connectivity index (χ1n) is 7.27. The summed E-state index contributed by atoms with van der Waals surface area (Å²) in [4.78, 5) is 0. The van der Waals surface area contributed by atoms with E-state index in [1.807, 2.05) is 42.1 Å². The quantitative estimate of drug-likeness (QED) is 0.918. The van der Waals surface area contributed by atoms with E-state index < -0.39 is 0 Å². The van der Waals surface area contributed by atoms with Crippen molar-refractivity contribution >= 4 is 11.8 Å². The topological polar surface area (TPSA) is 47.3 Å². The maximum absolute atomic E-state index is 5.43. The molecule has 0 bridgehead atoms. The summed E-state index contributed by atoms with van der Waals surface area (Å²) in [6.07, 6.45) is 2.55. The van der Waals surface area contributed by atoms with Crippen LogP contribution in [-0.4, -0.2) is 29.8 Å². The Bertz CT molecular complexity index is 579. The summed E-state index contributed by atoms with van der Waals surface area (Å²) >= 11 is 2.02. The Kier molecular flexibility index (Phi) is 4.83. The average Bonchev–Trinajstić information content (AvgIpc) is 3.02. The zero-order valence-corrected chi connectivity index (χ0v) is 13.0. The van der Waals surface area contributed by atoms with E-state index in [0.29, 0.717) is 6.04 Å². The van der Waals surface area contributed by atoms with Crippen LogP contribution in [0.1, 0.15) is 18.6 Å². The van der Waals surface area contributed by atoms with Crippen LogP contribution in [0.4, 0.5) is 0 Å². The molecule has 1 aliphatic heterocycles. The standard InChI is InChI=1S/C16H20N2O2S/c1-19-16-7-3-2-6-14(16)15-9-13(20-18-15)10-17-12-5-4-8-21-11-12/h2-3,6-7,9,12,17H,4-5,8,10-11H2,1H3/t12-/m1/s1. The van der Waals surface area contributed by atoms with Gasteiger partial charge in [0.1, 0.15) is 11.4 Å². The first kappa shape index (κ1) is 14.5. The van der Waals surface area contributed by atoms with Gasteiger partial charge in [-0.25, -0.2) is 0 Å². The van der Waals surface area contributed by atoms with E-state index in [1.165, 1.54) is 24.3 Å². The number of nitrogens with one attached hydrogen (secondary N) is 1. The van der Waals surface area contributed by atoms with Gasteiger partial charge < -0.3 is 14.6 Å². The Hall–Kier alpha value is -1.46. The zero-order chi connectivity index (χ0) is 14.5. The van der Waals surface area contributed by atoms with E-state index in [-0.39, 0.29) is 0 Å². The van der Waals surface area contributed by atoms with E-state index in [2.05, 4.69) is 10.5 Å². The second-order valence-electron chi connectivity index (χ2n) is 5.17. The molecule has 1 aromatic heterocycles. The van der Waals surface area contributed by atoms with Crippen LogP contribution in [0.15, 0.2) is 34.9 Å². The van der Waals surface area contributed by atoms with Gasteiger partial charge in [0.25, 0.3) is 0 Å². The van der Waals surface area contributed by atoms with Crippen molar-refractivity contribution in [2.75, 3.05) is 18.6 Å². The molecule has 1 atom stereocenters. The monoisotopic (exact) mass is 304 g/mol. The normalized spacial score (nSPS) is 18.6. The van der Waals surface area contributed by atoms with Crippen LogP contribution >= 0.6 is 11.8 Å². The molecule has 1 aromatic carbocycles. The van der Waals surface area contributed by atoms with E-state index in [4.69, 9.17) is 9.26 Å². The molecule has 0 aliphatic carbocycles. The molecule has 1 N–H and O–H groups in total. The summed E-state index contributed by atoms with van der Waals surface area (Å²) < 4.78 is 10.8. The maximum Gasteiger partial charge on any atom is 0.151 e. The lowest BCUT2D eigenvalue weighted by atomic mass is 10.1. The molecule has 4 nitrogen and oxygen atoms in total. The van der Waals surface area contributed by atoms with Gasteiger partial charge >= 0.3 is 0 Å². The van der Waals surface area contributed by atoms with Crippen molar-refractivity contribution in [1.29, 1.82) is 0 Å². The lowest BCUT2D eigenvalue weighted by Gasteiger charge is -2.21. The van der Waals surface area contributed by atoms with E-state index in [9.17, 15) is 0 Å². The first-order valence-corrected chi connectivity index (χ1v) is 8.42. The summed E-state index contributed by atoms with van der Waals surface area (Å²) in [6, 6.07) is 10.4. The van der Waals surface area contributed by atoms with Gasteiger partial charge in [-0.05, 0) is 30.7 Å². The molecule has 0 spiro atoms. The smallest absolute Gasteiger partial charge is 0.151 e. The molecule has 112 valence electrons. The molecule has 1 saturated heterocycles. The van der Waals surface area contributed by atoms with Crippen LogP contribution in [-0.2, 0) is 6.54 Å². The Morgan fingerprint density at radius 2 is 2.33 bits per heavy atom. The van der Waals surface area contributed by atoms with Crippen molar-refractivity contribution in [3.8, 4) is 17.0 Å². The van der Waals surface area contributed by atoms with Crippen LogP contribution in [0, 0.1) is 0 Å². The number of rotatable bonds is 5. The summed E-state index contributed by atoms with van der Waals surface area (Å²) in [5, 5.41) is 7.70. The van der Waals surface area contributed by atoms with Crippen LogP contribution < -0.4 is 10.1 Å². The second-order valence-corrected chi connectivity index (χ2v) is 6.32. The van der Waals surface area contributed by atoms with Gasteiger partial charge in [0.2, 0.25) is 0 Å². The SMILES string of the molecule is COc1ccccc1-c1cc(CN[C@@H]2CCCSC2)on1. The third-order valence-electron chi connectivity index (χ3n) is 3.67. The fraction of sp³-hybridized carbons (Fsp3) is 0.438. The number of ether oxygens (including phenoxy) is 1. The Balaban J connectivity index is 1.65. The number of hydrogen-bond donors (Lipinski definition) is 1. The molecule has 1 aliphatic rings. The molecule has 0 radical (unpaired) electrons. The lowest BCUT2D eigenvalue weighted by Crippen LogP contribution is -2.33. The highest BCUT2D eigenvalue weighted by Crippen LogP contribution is 2.29. The maximum atomic E-state index is 5.43. The van der Waals surface area contributed by atoms with Crippen molar-refractivity contribution in [2.45, 2.75) is 25.4 Å². The molecular weight excluding hydrogens is 284 g/mol. The summed E-state index contributed by atoms with van der Waals surface area (Å²) in [5.41, 5.74) is 1.78. The molecule has 21 heavy (non-hydrogen) atoms. The second kappa shape index (κ2) is 7.00. The highest BCUT2D eigenvalue weighted by Gasteiger charge is 2.15. The highest BCUT2D eigenvalue weighted by atomic mass is 32.2. The van der Waals surface area contributed by atoms with E-state index >= 15 is 0 Å². The van der Waals surface area contributed by atoms with Gasteiger partial charge in [0, 0.05) is 23.4 Å². The summed E-state index contributed by atoms with van der Waals surface area (Å²) in [6.45, 7) is 0.730. The first-order chi connectivity index (χ1) is 10.4. The molecule has 3 rings (SSSR count). The lowest BCUT2D eigenvalue weighted by molar-refractivity contribution is 0.363.